The third kappa shape index (κ3) is 3.01. The minimum Gasteiger partial charge on any atom is -0.354 e. The molecule has 1 amide bonds. The standard InChI is InChI=1S/C15H20N2O2/c1-10-4-5-11(2)13(8-10)15(19)12(3)17-7-6-16-14(18)9-17/h4-5,8,12H,6-7,9H2,1-3H3,(H,16,18). The Balaban J connectivity index is 2.18. The van der Waals surface area contributed by atoms with E-state index in [4.69, 9.17) is 0 Å². The van der Waals surface area contributed by atoms with Crippen molar-refractivity contribution in [3.63, 3.8) is 0 Å². The number of amides is 1. The van der Waals surface area contributed by atoms with Crippen molar-refractivity contribution in [3.05, 3.63) is 34.9 Å². The van der Waals surface area contributed by atoms with Gasteiger partial charge in [-0.3, -0.25) is 14.5 Å². The van der Waals surface area contributed by atoms with E-state index in [-0.39, 0.29) is 17.7 Å². The molecule has 19 heavy (non-hydrogen) atoms. The predicted octanol–water partition coefficient (Wildman–Crippen LogP) is 1.31. The highest BCUT2D eigenvalue weighted by molar-refractivity contribution is 6.01. The molecule has 2 rings (SSSR count). The molecule has 1 atom stereocenters. The maximum Gasteiger partial charge on any atom is 0.234 e. The average Bonchev–Trinajstić information content (AvgIpc) is 2.40. The number of Topliss-reactive ketones (excluding diaryl/α,β-unsaturated/α-hetero) is 1. The summed E-state index contributed by atoms with van der Waals surface area (Å²) >= 11 is 0. The van der Waals surface area contributed by atoms with Gasteiger partial charge in [0.1, 0.15) is 0 Å². The van der Waals surface area contributed by atoms with Gasteiger partial charge in [0.2, 0.25) is 5.91 Å². The van der Waals surface area contributed by atoms with Crippen LogP contribution < -0.4 is 5.32 Å². The smallest absolute Gasteiger partial charge is 0.234 e. The second-order valence-corrected chi connectivity index (χ2v) is 5.18. The van der Waals surface area contributed by atoms with Crippen LogP contribution in [0.1, 0.15) is 28.4 Å². The first-order chi connectivity index (χ1) is 8.99. The number of rotatable bonds is 3. The second-order valence-electron chi connectivity index (χ2n) is 5.18. The van der Waals surface area contributed by atoms with Gasteiger partial charge in [0.25, 0.3) is 0 Å². The molecule has 1 heterocycles. The number of piperazine rings is 1. The Morgan fingerprint density at radius 2 is 2.11 bits per heavy atom. The Bertz CT molecular complexity index is 511. The first-order valence-electron chi connectivity index (χ1n) is 6.61. The van der Waals surface area contributed by atoms with Crippen molar-refractivity contribution in [1.82, 2.24) is 10.2 Å². The molecule has 1 N–H and O–H groups in total. The molecule has 1 saturated heterocycles. The number of carbonyl (C=O) groups excluding carboxylic acids is 2. The third-order valence-electron chi connectivity index (χ3n) is 3.65. The summed E-state index contributed by atoms with van der Waals surface area (Å²) in [5, 5.41) is 2.77. The molecule has 4 nitrogen and oxygen atoms in total. The van der Waals surface area contributed by atoms with Crippen molar-refractivity contribution >= 4 is 11.7 Å². The van der Waals surface area contributed by atoms with E-state index in [1.165, 1.54) is 0 Å². The lowest BCUT2D eigenvalue weighted by Gasteiger charge is -2.31. The van der Waals surface area contributed by atoms with Crippen LogP contribution in [0.4, 0.5) is 0 Å². The molecule has 0 radical (unpaired) electrons. The van der Waals surface area contributed by atoms with E-state index in [0.717, 1.165) is 23.2 Å². The Morgan fingerprint density at radius 3 is 2.79 bits per heavy atom. The first-order valence-corrected chi connectivity index (χ1v) is 6.61. The normalized spacial score (nSPS) is 17.9. The first kappa shape index (κ1) is 13.7. The summed E-state index contributed by atoms with van der Waals surface area (Å²) < 4.78 is 0. The van der Waals surface area contributed by atoms with Crippen LogP contribution in [-0.2, 0) is 4.79 Å². The molecule has 0 bridgehead atoms. The molecule has 1 aliphatic rings. The molecular weight excluding hydrogens is 240 g/mol. The molecule has 0 saturated carbocycles. The highest BCUT2D eigenvalue weighted by Gasteiger charge is 2.27. The van der Waals surface area contributed by atoms with E-state index in [1.54, 1.807) is 0 Å². The lowest BCUT2D eigenvalue weighted by atomic mass is 9.97. The van der Waals surface area contributed by atoms with Gasteiger partial charge in [0, 0.05) is 18.7 Å². The largest absolute Gasteiger partial charge is 0.354 e. The maximum absolute atomic E-state index is 12.6. The highest BCUT2D eigenvalue weighted by atomic mass is 16.2. The average molecular weight is 260 g/mol. The zero-order valence-electron chi connectivity index (χ0n) is 11.7. The summed E-state index contributed by atoms with van der Waals surface area (Å²) in [4.78, 5) is 25.9. The number of ketones is 1. The molecule has 1 aliphatic heterocycles. The van der Waals surface area contributed by atoms with Crippen molar-refractivity contribution < 1.29 is 9.59 Å². The third-order valence-corrected chi connectivity index (χ3v) is 3.65. The lowest BCUT2D eigenvalue weighted by molar-refractivity contribution is -0.124. The maximum atomic E-state index is 12.6. The van der Waals surface area contributed by atoms with Gasteiger partial charge >= 0.3 is 0 Å². The van der Waals surface area contributed by atoms with E-state index in [0.29, 0.717) is 13.1 Å². The van der Waals surface area contributed by atoms with Gasteiger partial charge in [-0.15, -0.1) is 0 Å². The molecule has 102 valence electrons. The van der Waals surface area contributed by atoms with Gasteiger partial charge in [0.05, 0.1) is 12.6 Å². The van der Waals surface area contributed by atoms with Crippen LogP contribution in [0, 0.1) is 13.8 Å². The summed E-state index contributed by atoms with van der Waals surface area (Å²) in [7, 11) is 0. The van der Waals surface area contributed by atoms with Gasteiger partial charge < -0.3 is 5.32 Å². The Morgan fingerprint density at radius 1 is 1.37 bits per heavy atom. The fourth-order valence-corrected chi connectivity index (χ4v) is 2.38. The van der Waals surface area contributed by atoms with Gasteiger partial charge in [-0.2, -0.15) is 0 Å². The molecular formula is C15H20N2O2. The molecule has 1 unspecified atom stereocenters. The summed E-state index contributed by atoms with van der Waals surface area (Å²) in [6.07, 6.45) is 0. The SMILES string of the molecule is Cc1ccc(C)c(C(=O)C(C)N2CCNC(=O)C2)c1. The van der Waals surface area contributed by atoms with Crippen molar-refractivity contribution in [3.8, 4) is 0 Å². The number of nitrogens with zero attached hydrogens (tertiary/aromatic N) is 1. The molecule has 0 aliphatic carbocycles. The van der Waals surface area contributed by atoms with Crippen LogP contribution in [0.5, 0.6) is 0 Å². The van der Waals surface area contributed by atoms with E-state index in [1.807, 2.05) is 43.9 Å². The van der Waals surface area contributed by atoms with Gasteiger partial charge in [0.15, 0.2) is 5.78 Å². The lowest BCUT2D eigenvalue weighted by Crippen LogP contribution is -2.52. The molecule has 1 aromatic carbocycles. The van der Waals surface area contributed by atoms with Crippen molar-refractivity contribution in [2.75, 3.05) is 19.6 Å². The van der Waals surface area contributed by atoms with Crippen molar-refractivity contribution in [1.29, 1.82) is 0 Å². The second kappa shape index (κ2) is 5.53. The minimum absolute atomic E-state index is 0.00753. The minimum atomic E-state index is -0.258. The van der Waals surface area contributed by atoms with Crippen LogP contribution in [-0.4, -0.2) is 42.3 Å². The van der Waals surface area contributed by atoms with Crippen LogP contribution in [0.2, 0.25) is 0 Å². The number of hydrogen-bond acceptors (Lipinski definition) is 3. The Labute approximate surface area is 113 Å². The predicted molar refractivity (Wildman–Crippen MR) is 74.3 cm³/mol. The summed E-state index contributed by atoms with van der Waals surface area (Å²) in [5.74, 6) is 0.0859. The monoisotopic (exact) mass is 260 g/mol. The van der Waals surface area contributed by atoms with Gasteiger partial charge in [-0.25, -0.2) is 0 Å². The topological polar surface area (TPSA) is 49.4 Å². The molecule has 0 spiro atoms. The number of nitrogens with one attached hydrogen (secondary N) is 1. The summed E-state index contributed by atoms with van der Waals surface area (Å²) in [6.45, 7) is 7.45. The zero-order valence-corrected chi connectivity index (χ0v) is 11.7. The highest BCUT2D eigenvalue weighted by Crippen LogP contribution is 2.16. The van der Waals surface area contributed by atoms with E-state index in [2.05, 4.69) is 5.32 Å². The molecule has 4 heteroatoms. The molecule has 1 aromatic rings. The number of aryl methyl sites for hydroxylation is 2. The fraction of sp³-hybridized carbons (Fsp3) is 0.467. The van der Waals surface area contributed by atoms with E-state index < -0.39 is 0 Å². The number of hydrogen-bond donors (Lipinski definition) is 1. The molecule has 1 fully saturated rings. The van der Waals surface area contributed by atoms with Crippen LogP contribution >= 0.6 is 0 Å². The fourth-order valence-electron chi connectivity index (χ4n) is 2.38. The van der Waals surface area contributed by atoms with E-state index in [9.17, 15) is 9.59 Å². The zero-order chi connectivity index (χ0) is 14.0. The van der Waals surface area contributed by atoms with Gasteiger partial charge in [-0.1, -0.05) is 17.7 Å². The quantitative estimate of drug-likeness (QED) is 0.834. The van der Waals surface area contributed by atoms with Crippen molar-refractivity contribution in [2.45, 2.75) is 26.8 Å². The van der Waals surface area contributed by atoms with Crippen LogP contribution in [0.15, 0.2) is 18.2 Å². The summed E-state index contributed by atoms with van der Waals surface area (Å²) in [5.41, 5.74) is 2.83. The van der Waals surface area contributed by atoms with Crippen LogP contribution in [0.3, 0.4) is 0 Å². The van der Waals surface area contributed by atoms with Crippen molar-refractivity contribution in [2.24, 2.45) is 0 Å². The Hall–Kier alpha value is -1.68. The van der Waals surface area contributed by atoms with Crippen LogP contribution in [0.25, 0.3) is 0 Å². The molecule has 0 aromatic heterocycles. The Kier molecular flexibility index (Phi) is 4.00. The number of carbonyl (C=O) groups is 2. The summed E-state index contributed by atoms with van der Waals surface area (Å²) in [6, 6.07) is 5.65. The van der Waals surface area contributed by atoms with Gasteiger partial charge in [-0.05, 0) is 32.4 Å². The van der Waals surface area contributed by atoms with E-state index >= 15 is 0 Å². The number of benzene rings is 1.